The Morgan fingerprint density at radius 1 is 1.47 bits per heavy atom. The van der Waals surface area contributed by atoms with Crippen molar-refractivity contribution in [2.24, 2.45) is 5.92 Å². The first-order valence-corrected chi connectivity index (χ1v) is 6.69. The summed E-state index contributed by atoms with van der Waals surface area (Å²) in [4.78, 5) is 2.31. The second-order valence-electron chi connectivity index (χ2n) is 5.30. The normalized spacial score (nSPS) is 16.2. The van der Waals surface area contributed by atoms with E-state index in [1.165, 1.54) is 6.07 Å². The number of benzene rings is 1. The van der Waals surface area contributed by atoms with Crippen molar-refractivity contribution in [1.29, 1.82) is 5.26 Å². The number of rotatable bonds is 3. The molecule has 1 heterocycles. The number of likely N-dealkylation sites (tertiary alicyclic amines) is 1. The molecule has 1 aliphatic rings. The molecule has 0 atom stereocenters. The number of halogens is 1. The van der Waals surface area contributed by atoms with Crippen LogP contribution in [0.1, 0.15) is 30.9 Å². The number of hydrogen-bond acceptors (Lipinski definition) is 2. The summed E-state index contributed by atoms with van der Waals surface area (Å²) in [5, 5.41) is 8.84. The molecule has 0 bridgehead atoms. The van der Waals surface area contributed by atoms with Crippen LogP contribution in [0.2, 0.25) is 0 Å². The third-order valence-electron chi connectivity index (χ3n) is 3.83. The van der Waals surface area contributed by atoms with Crippen LogP contribution >= 0.6 is 0 Å². The van der Waals surface area contributed by atoms with Crippen LogP contribution in [0.5, 0.6) is 0 Å². The molecule has 0 saturated carbocycles. The minimum absolute atomic E-state index is 0.150. The van der Waals surface area contributed by atoms with Crippen molar-refractivity contribution in [3.63, 3.8) is 0 Å². The second kappa shape index (κ2) is 5.88. The number of allylic oxidation sites excluding steroid dienone is 1. The van der Waals surface area contributed by atoms with E-state index in [0.29, 0.717) is 5.92 Å². The standard InChI is InChI=1S/C16H19FN2/c1-12(2)19-7-5-13(6-8-19)9-14-3-4-16(17)15(10-14)11-18/h3-4,10,13H,1,5-9H2,2H3. The van der Waals surface area contributed by atoms with E-state index in [1.807, 2.05) is 13.0 Å². The van der Waals surface area contributed by atoms with Crippen molar-refractivity contribution in [3.8, 4) is 6.07 Å². The molecule has 0 amide bonds. The fraction of sp³-hybridized carbons (Fsp3) is 0.438. The van der Waals surface area contributed by atoms with Gasteiger partial charge in [-0.3, -0.25) is 0 Å². The summed E-state index contributed by atoms with van der Waals surface area (Å²) in [5.74, 6) is 0.191. The zero-order chi connectivity index (χ0) is 13.8. The first kappa shape index (κ1) is 13.6. The Bertz CT molecular complexity index is 508. The Hall–Kier alpha value is -1.82. The van der Waals surface area contributed by atoms with E-state index in [4.69, 9.17) is 5.26 Å². The van der Waals surface area contributed by atoms with E-state index in [9.17, 15) is 4.39 Å². The van der Waals surface area contributed by atoms with Gasteiger partial charge in [0.05, 0.1) is 5.56 Å². The SMILES string of the molecule is C=C(C)N1CCC(Cc2ccc(F)c(C#N)c2)CC1. The minimum Gasteiger partial charge on any atom is -0.376 e. The molecular weight excluding hydrogens is 239 g/mol. The molecule has 100 valence electrons. The van der Waals surface area contributed by atoms with Crippen LogP contribution in [-0.4, -0.2) is 18.0 Å². The van der Waals surface area contributed by atoms with Crippen LogP contribution in [-0.2, 0) is 6.42 Å². The van der Waals surface area contributed by atoms with Gasteiger partial charge in [-0.15, -0.1) is 0 Å². The highest BCUT2D eigenvalue weighted by atomic mass is 19.1. The third-order valence-corrected chi connectivity index (χ3v) is 3.83. The summed E-state index contributed by atoms with van der Waals surface area (Å²) < 4.78 is 13.2. The number of piperidine rings is 1. The summed E-state index contributed by atoms with van der Waals surface area (Å²) in [5.41, 5.74) is 2.34. The van der Waals surface area contributed by atoms with Crippen molar-refractivity contribution in [2.75, 3.05) is 13.1 Å². The molecule has 2 nitrogen and oxygen atoms in total. The molecular formula is C16H19FN2. The highest BCUT2D eigenvalue weighted by molar-refractivity contribution is 5.34. The molecule has 0 radical (unpaired) electrons. The van der Waals surface area contributed by atoms with Gasteiger partial charge in [-0.25, -0.2) is 4.39 Å². The highest BCUT2D eigenvalue weighted by Gasteiger charge is 2.19. The summed E-state index contributed by atoms with van der Waals surface area (Å²) in [6, 6.07) is 6.77. The van der Waals surface area contributed by atoms with Gasteiger partial charge in [0.15, 0.2) is 0 Å². The quantitative estimate of drug-likeness (QED) is 0.830. The monoisotopic (exact) mass is 258 g/mol. The molecule has 0 unspecified atom stereocenters. The topological polar surface area (TPSA) is 27.0 Å². The zero-order valence-corrected chi connectivity index (χ0v) is 11.3. The molecule has 19 heavy (non-hydrogen) atoms. The molecule has 2 rings (SSSR count). The van der Waals surface area contributed by atoms with Crippen molar-refractivity contribution in [3.05, 3.63) is 47.4 Å². The van der Waals surface area contributed by atoms with Crippen molar-refractivity contribution < 1.29 is 4.39 Å². The molecule has 0 spiro atoms. The Kier molecular flexibility index (Phi) is 4.21. The maximum atomic E-state index is 13.2. The molecule has 0 aromatic heterocycles. The van der Waals surface area contributed by atoms with Gasteiger partial charge in [0.25, 0.3) is 0 Å². The number of nitrogens with zero attached hydrogens (tertiary/aromatic N) is 2. The fourth-order valence-corrected chi connectivity index (χ4v) is 2.64. The maximum absolute atomic E-state index is 13.2. The lowest BCUT2D eigenvalue weighted by molar-refractivity contribution is 0.227. The molecule has 1 aliphatic heterocycles. The lowest BCUT2D eigenvalue weighted by Gasteiger charge is -2.33. The first-order chi connectivity index (χ1) is 9.10. The van der Waals surface area contributed by atoms with E-state index >= 15 is 0 Å². The molecule has 1 saturated heterocycles. The van der Waals surface area contributed by atoms with E-state index in [-0.39, 0.29) is 5.56 Å². The van der Waals surface area contributed by atoms with Crippen LogP contribution in [0.3, 0.4) is 0 Å². The Balaban J connectivity index is 1.96. The Morgan fingerprint density at radius 3 is 2.74 bits per heavy atom. The van der Waals surface area contributed by atoms with E-state index < -0.39 is 5.82 Å². The average molecular weight is 258 g/mol. The fourth-order valence-electron chi connectivity index (χ4n) is 2.64. The van der Waals surface area contributed by atoms with Gasteiger partial charge in [0.1, 0.15) is 11.9 Å². The van der Waals surface area contributed by atoms with Crippen LogP contribution in [0.25, 0.3) is 0 Å². The predicted molar refractivity (Wildman–Crippen MR) is 73.9 cm³/mol. The first-order valence-electron chi connectivity index (χ1n) is 6.69. The van der Waals surface area contributed by atoms with Gasteiger partial charge in [-0.1, -0.05) is 12.6 Å². The largest absolute Gasteiger partial charge is 0.376 e. The zero-order valence-electron chi connectivity index (χ0n) is 11.3. The van der Waals surface area contributed by atoms with Gasteiger partial charge < -0.3 is 4.90 Å². The highest BCUT2D eigenvalue weighted by Crippen LogP contribution is 2.24. The molecule has 0 N–H and O–H groups in total. The lowest BCUT2D eigenvalue weighted by Crippen LogP contribution is -2.32. The van der Waals surface area contributed by atoms with E-state index in [0.717, 1.165) is 43.6 Å². The molecule has 1 aromatic carbocycles. The van der Waals surface area contributed by atoms with Gasteiger partial charge in [0.2, 0.25) is 0 Å². The number of hydrogen-bond donors (Lipinski definition) is 0. The van der Waals surface area contributed by atoms with E-state index in [1.54, 1.807) is 12.1 Å². The summed E-state index contributed by atoms with van der Waals surface area (Å²) >= 11 is 0. The Labute approximate surface area is 114 Å². The van der Waals surface area contributed by atoms with E-state index in [2.05, 4.69) is 11.5 Å². The van der Waals surface area contributed by atoms with Gasteiger partial charge in [0, 0.05) is 18.8 Å². The predicted octanol–water partition coefficient (Wildman–Crippen LogP) is 3.49. The number of nitriles is 1. The smallest absolute Gasteiger partial charge is 0.140 e. The van der Waals surface area contributed by atoms with Crippen LogP contribution in [0.15, 0.2) is 30.5 Å². The molecule has 3 heteroatoms. The molecule has 1 aromatic rings. The van der Waals surface area contributed by atoms with Crippen LogP contribution < -0.4 is 0 Å². The second-order valence-corrected chi connectivity index (χ2v) is 5.30. The van der Waals surface area contributed by atoms with Gasteiger partial charge >= 0.3 is 0 Å². The average Bonchev–Trinajstić information content (AvgIpc) is 2.41. The molecule has 0 aliphatic carbocycles. The maximum Gasteiger partial charge on any atom is 0.140 e. The van der Waals surface area contributed by atoms with Crippen molar-refractivity contribution in [1.82, 2.24) is 4.90 Å². The minimum atomic E-state index is -0.427. The van der Waals surface area contributed by atoms with Crippen LogP contribution in [0.4, 0.5) is 4.39 Å². The summed E-state index contributed by atoms with van der Waals surface area (Å²) in [6.45, 7) is 8.11. The van der Waals surface area contributed by atoms with Gasteiger partial charge in [-0.05, 0) is 49.8 Å². The lowest BCUT2D eigenvalue weighted by atomic mass is 9.89. The summed E-state index contributed by atoms with van der Waals surface area (Å²) in [7, 11) is 0. The van der Waals surface area contributed by atoms with Crippen molar-refractivity contribution >= 4 is 0 Å². The molecule has 1 fully saturated rings. The van der Waals surface area contributed by atoms with Gasteiger partial charge in [-0.2, -0.15) is 5.26 Å². The van der Waals surface area contributed by atoms with Crippen molar-refractivity contribution in [2.45, 2.75) is 26.2 Å². The van der Waals surface area contributed by atoms with Crippen LogP contribution in [0, 0.1) is 23.1 Å². The Morgan fingerprint density at radius 2 is 2.16 bits per heavy atom. The summed E-state index contributed by atoms with van der Waals surface area (Å²) in [6.07, 6.45) is 3.19. The third kappa shape index (κ3) is 3.35.